The lowest BCUT2D eigenvalue weighted by Crippen LogP contribution is -2.16. The van der Waals surface area contributed by atoms with Crippen LogP contribution in [0.15, 0.2) is 88.5 Å². The summed E-state index contributed by atoms with van der Waals surface area (Å²) in [4.78, 5) is 4.66. The number of hydrogen-bond acceptors (Lipinski definition) is 6. The molecule has 0 aliphatic rings. The molecule has 1 atom stereocenters. The molecule has 0 bridgehead atoms. The first-order valence-corrected chi connectivity index (χ1v) is 14.2. The third-order valence-electron chi connectivity index (χ3n) is 5.92. The molecule has 0 fully saturated rings. The number of hydrogen-bond donors (Lipinski definition) is 0. The second-order valence-electron chi connectivity index (χ2n) is 8.18. The van der Waals surface area contributed by atoms with E-state index < -0.39 is 17.2 Å². The molecule has 0 saturated heterocycles. The van der Waals surface area contributed by atoms with Crippen molar-refractivity contribution in [1.82, 2.24) is 14.1 Å². The summed E-state index contributed by atoms with van der Waals surface area (Å²) in [5.74, 6) is 0.624. The summed E-state index contributed by atoms with van der Waals surface area (Å²) >= 11 is 0. The van der Waals surface area contributed by atoms with Gasteiger partial charge in [-0.05, 0) is 38.7 Å². The van der Waals surface area contributed by atoms with Crippen LogP contribution in [0.25, 0.3) is 22.2 Å². The number of aromatic nitrogens is 3. The van der Waals surface area contributed by atoms with Crippen molar-refractivity contribution in [2.24, 2.45) is 0 Å². The van der Waals surface area contributed by atoms with E-state index >= 15 is 0 Å². The first kappa shape index (κ1) is 22.3. The number of fused-ring (bicyclic) bond motifs is 1. The highest BCUT2D eigenvalue weighted by atomic mass is 32.2. The lowest BCUT2D eigenvalue weighted by atomic mass is 10.1. The van der Waals surface area contributed by atoms with Crippen molar-refractivity contribution in [1.29, 1.82) is 0 Å². The molecule has 9 heteroatoms. The van der Waals surface area contributed by atoms with Gasteiger partial charge in [0.05, 0.1) is 10.6 Å². The molecule has 0 saturated carbocycles. The maximum absolute atomic E-state index is 14.2. The van der Waals surface area contributed by atoms with Crippen LogP contribution >= 0.6 is 7.14 Å². The van der Waals surface area contributed by atoms with Crippen LogP contribution in [0.3, 0.4) is 0 Å². The molecule has 0 aliphatic heterocycles. The molecule has 5 rings (SSSR count). The van der Waals surface area contributed by atoms with E-state index in [9.17, 15) is 13.0 Å². The second kappa shape index (κ2) is 8.08. The lowest BCUT2D eigenvalue weighted by molar-refractivity contribution is 0.393. The van der Waals surface area contributed by atoms with Gasteiger partial charge in [0, 0.05) is 39.5 Å². The molecule has 0 amide bonds. The fourth-order valence-corrected chi connectivity index (χ4v) is 7.58. The van der Waals surface area contributed by atoms with Crippen LogP contribution in [-0.2, 0) is 14.6 Å². The molecular weight excluding hydrogens is 469 g/mol. The highest BCUT2D eigenvalue weighted by Gasteiger charge is 2.30. The van der Waals surface area contributed by atoms with Crippen molar-refractivity contribution in [2.45, 2.75) is 18.7 Å². The molecule has 2 aromatic carbocycles. The smallest absolute Gasteiger partial charge is 0.269 e. The molecule has 5 aromatic rings. The second-order valence-corrected chi connectivity index (χ2v) is 12.8. The lowest BCUT2D eigenvalue weighted by Gasteiger charge is -2.12. The monoisotopic (exact) mass is 491 g/mol. The molecule has 3 aromatic heterocycles. The summed E-state index contributed by atoms with van der Waals surface area (Å²) in [6, 6.07) is 19.0. The minimum Gasteiger partial charge on any atom is -0.361 e. The van der Waals surface area contributed by atoms with Gasteiger partial charge in [-0.15, -0.1) is 0 Å². The van der Waals surface area contributed by atoms with E-state index in [1.807, 2.05) is 31.2 Å². The van der Waals surface area contributed by atoms with Crippen molar-refractivity contribution in [3.8, 4) is 11.1 Å². The molecule has 172 valence electrons. The molecule has 0 N–H and O–H groups in total. The maximum atomic E-state index is 14.2. The molecule has 0 aliphatic carbocycles. The van der Waals surface area contributed by atoms with E-state index in [-0.39, 0.29) is 10.5 Å². The van der Waals surface area contributed by atoms with E-state index in [0.717, 1.165) is 9.54 Å². The van der Waals surface area contributed by atoms with Gasteiger partial charge in [-0.1, -0.05) is 53.7 Å². The quantitative estimate of drug-likeness (QED) is 0.336. The van der Waals surface area contributed by atoms with Gasteiger partial charge in [-0.2, -0.15) is 0 Å². The zero-order chi connectivity index (χ0) is 24.1. The Balaban J connectivity index is 1.83. The topological polar surface area (TPSA) is 95.1 Å². The van der Waals surface area contributed by atoms with Gasteiger partial charge < -0.3 is 9.09 Å². The van der Waals surface area contributed by atoms with Crippen LogP contribution in [0.1, 0.15) is 11.5 Å². The number of aryl methyl sites for hydroxylation is 2. The third kappa shape index (κ3) is 3.50. The zero-order valence-electron chi connectivity index (χ0n) is 18.8. The highest BCUT2D eigenvalue weighted by molar-refractivity contribution is 7.90. The summed E-state index contributed by atoms with van der Waals surface area (Å²) in [5, 5.41) is 5.58. The van der Waals surface area contributed by atoms with Crippen molar-refractivity contribution < 1.29 is 17.5 Å². The Morgan fingerprint density at radius 1 is 0.971 bits per heavy atom. The molecule has 7 nitrogen and oxygen atoms in total. The van der Waals surface area contributed by atoms with E-state index in [2.05, 4.69) is 10.1 Å². The molecular formula is C25H22N3O4PS. The van der Waals surface area contributed by atoms with Gasteiger partial charge in [0.25, 0.3) is 10.0 Å². The molecule has 1 unspecified atom stereocenters. The van der Waals surface area contributed by atoms with Crippen LogP contribution in [0, 0.1) is 13.8 Å². The Hall–Kier alpha value is -3.48. The van der Waals surface area contributed by atoms with Crippen molar-refractivity contribution >= 4 is 38.8 Å². The van der Waals surface area contributed by atoms with Crippen LogP contribution in [0.4, 0.5) is 0 Å². The molecule has 0 spiro atoms. The highest BCUT2D eigenvalue weighted by Crippen LogP contribution is 2.43. The van der Waals surface area contributed by atoms with Gasteiger partial charge in [0.1, 0.15) is 12.9 Å². The average Bonchev–Trinajstić information content (AvgIpc) is 3.40. The molecule has 34 heavy (non-hydrogen) atoms. The van der Waals surface area contributed by atoms with Crippen LogP contribution < -0.4 is 10.6 Å². The number of rotatable bonds is 5. The van der Waals surface area contributed by atoms with E-state index in [1.54, 1.807) is 50.1 Å². The Bertz CT molecular complexity index is 1650. The summed E-state index contributed by atoms with van der Waals surface area (Å²) in [7, 11) is -7.14. The van der Waals surface area contributed by atoms with Crippen molar-refractivity contribution in [3.05, 3.63) is 90.6 Å². The Morgan fingerprint density at radius 3 is 2.24 bits per heavy atom. The van der Waals surface area contributed by atoms with E-state index in [0.29, 0.717) is 33.0 Å². The SMILES string of the molecule is Cc1noc(C)c1-c1cnc2c(c1)c(P(C)(=O)c1ccccc1)cn2S(=O)(=O)c1ccccc1. The van der Waals surface area contributed by atoms with Crippen LogP contribution in [0.5, 0.6) is 0 Å². The van der Waals surface area contributed by atoms with Gasteiger partial charge >= 0.3 is 0 Å². The molecule has 0 radical (unpaired) electrons. The number of nitrogens with zero attached hydrogens (tertiary/aromatic N) is 3. The Labute approximate surface area is 197 Å². The minimum absolute atomic E-state index is 0.126. The first-order chi connectivity index (χ1) is 16.2. The van der Waals surface area contributed by atoms with Crippen molar-refractivity contribution in [2.75, 3.05) is 6.66 Å². The predicted molar refractivity (Wildman–Crippen MR) is 133 cm³/mol. The van der Waals surface area contributed by atoms with Crippen LogP contribution in [-0.4, -0.2) is 29.2 Å². The summed E-state index contributed by atoms with van der Waals surface area (Å²) in [6.07, 6.45) is 3.05. The maximum Gasteiger partial charge on any atom is 0.269 e. The van der Waals surface area contributed by atoms with Crippen molar-refractivity contribution in [3.63, 3.8) is 0 Å². The van der Waals surface area contributed by atoms with Gasteiger partial charge in [0.15, 0.2) is 5.65 Å². The predicted octanol–water partition coefficient (Wildman–Crippen LogP) is 4.49. The van der Waals surface area contributed by atoms with E-state index in [4.69, 9.17) is 4.52 Å². The summed E-state index contributed by atoms with van der Waals surface area (Å²) in [5.41, 5.74) is 2.41. The minimum atomic E-state index is -3.97. The fourth-order valence-electron chi connectivity index (χ4n) is 4.18. The Morgan fingerprint density at radius 2 is 1.62 bits per heavy atom. The third-order valence-corrected chi connectivity index (χ3v) is 10.1. The normalized spacial score (nSPS) is 13.7. The van der Waals surface area contributed by atoms with Gasteiger partial charge in [0.2, 0.25) is 0 Å². The van der Waals surface area contributed by atoms with Gasteiger partial charge in [-0.3, -0.25) is 0 Å². The molecule has 3 heterocycles. The summed E-state index contributed by atoms with van der Waals surface area (Å²) < 4.78 is 47.7. The number of pyridine rings is 1. The fraction of sp³-hybridized carbons (Fsp3) is 0.120. The zero-order valence-corrected chi connectivity index (χ0v) is 20.5. The average molecular weight is 492 g/mol. The standard InChI is InChI=1S/C25H22N3O4PS/c1-17-24(18(2)32-27-17)19-14-22-23(33(3,29)20-10-6-4-7-11-20)16-28(25(22)26-15-19)34(30,31)21-12-8-5-9-13-21/h4-16H,1-3H3. The number of benzene rings is 2. The Kier molecular flexibility index (Phi) is 5.30. The van der Waals surface area contributed by atoms with E-state index in [1.165, 1.54) is 18.3 Å². The van der Waals surface area contributed by atoms with Crippen LogP contribution in [0.2, 0.25) is 0 Å². The largest absolute Gasteiger partial charge is 0.361 e. The summed E-state index contributed by atoms with van der Waals surface area (Å²) in [6.45, 7) is 5.29. The van der Waals surface area contributed by atoms with Gasteiger partial charge in [-0.25, -0.2) is 17.4 Å². The first-order valence-electron chi connectivity index (χ1n) is 10.6.